The molecule has 5 nitrogen and oxygen atoms in total. The van der Waals surface area contributed by atoms with Crippen molar-refractivity contribution in [2.24, 2.45) is 5.10 Å². The molecule has 0 atom stereocenters. The number of benzene rings is 3. The zero-order chi connectivity index (χ0) is 24.1. The molecule has 1 heterocycles. The van der Waals surface area contributed by atoms with E-state index in [4.69, 9.17) is 27.9 Å². The molecule has 0 aliphatic heterocycles. The molecule has 0 fully saturated rings. The minimum atomic E-state index is -0.285. The molecular formula is C27H25Cl2N3O2. The van der Waals surface area contributed by atoms with Crippen LogP contribution in [0.3, 0.4) is 0 Å². The first-order valence-electron chi connectivity index (χ1n) is 11.1. The molecule has 0 bridgehead atoms. The lowest BCUT2D eigenvalue weighted by Gasteiger charge is -2.10. The normalized spacial score (nSPS) is 11.3. The summed E-state index contributed by atoms with van der Waals surface area (Å²) in [5, 5.41) is 6.51. The van der Waals surface area contributed by atoms with Gasteiger partial charge in [0.2, 0.25) is 0 Å². The van der Waals surface area contributed by atoms with Crippen LogP contribution in [0.4, 0.5) is 0 Å². The molecule has 0 saturated carbocycles. The zero-order valence-electron chi connectivity index (χ0n) is 19.0. The third kappa shape index (κ3) is 5.27. The fraction of sp³-hybridized carbons (Fsp3) is 0.185. The maximum absolute atomic E-state index is 12.5. The summed E-state index contributed by atoms with van der Waals surface area (Å²) in [7, 11) is 0. The Hall–Kier alpha value is -3.28. The van der Waals surface area contributed by atoms with E-state index in [1.54, 1.807) is 36.5 Å². The molecule has 7 heteroatoms. The van der Waals surface area contributed by atoms with Crippen molar-refractivity contribution in [1.82, 2.24) is 9.99 Å². The number of amides is 1. The number of hydrazone groups is 1. The number of carbonyl (C=O) groups excluding carboxylic acids is 1. The number of hydrogen-bond donors (Lipinski definition) is 1. The molecule has 3 aromatic carbocycles. The van der Waals surface area contributed by atoms with Crippen LogP contribution in [-0.4, -0.2) is 23.3 Å². The first-order valence-corrected chi connectivity index (χ1v) is 11.8. The van der Waals surface area contributed by atoms with Gasteiger partial charge in [-0.2, -0.15) is 5.10 Å². The summed E-state index contributed by atoms with van der Waals surface area (Å²) in [5.41, 5.74) is 7.11. The van der Waals surface area contributed by atoms with Gasteiger partial charge < -0.3 is 9.30 Å². The Bertz CT molecular complexity index is 1340. The predicted octanol–water partition coefficient (Wildman–Crippen LogP) is 6.86. The molecule has 0 saturated heterocycles. The Balaban J connectivity index is 1.55. The quantitative estimate of drug-likeness (QED) is 0.215. The van der Waals surface area contributed by atoms with Crippen molar-refractivity contribution >= 4 is 46.2 Å². The van der Waals surface area contributed by atoms with Crippen molar-refractivity contribution in [3.8, 4) is 5.75 Å². The second kappa shape index (κ2) is 10.8. The standard InChI is InChI=1S/C27H25Cl2N3O2/c1-3-14-34-22-12-9-19(10-13-22)27(33)31-30-16-24-18(2)32(26-7-5-4-6-23(24)26)17-20-8-11-21(28)15-25(20)29/h4-13,15-16H,3,14,17H2,1-2H3,(H,31,33)/b30-16+. The van der Waals surface area contributed by atoms with Crippen LogP contribution in [0.25, 0.3) is 10.9 Å². The molecule has 34 heavy (non-hydrogen) atoms. The molecule has 0 radical (unpaired) electrons. The number of nitrogens with one attached hydrogen (secondary N) is 1. The van der Waals surface area contributed by atoms with Gasteiger partial charge in [-0.3, -0.25) is 4.79 Å². The lowest BCUT2D eigenvalue weighted by atomic mass is 10.1. The van der Waals surface area contributed by atoms with Crippen LogP contribution in [0.2, 0.25) is 10.0 Å². The van der Waals surface area contributed by atoms with Gasteiger partial charge in [-0.05, 0) is 61.4 Å². The number of aromatic nitrogens is 1. The number of para-hydroxylation sites is 1. The summed E-state index contributed by atoms with van der Waals surface area (Å²) in [6.45, 7) is 5.32. The van der Waals surface area contributed by atoms with Crippen LogP contribution >= 0.6 is 23.2 Å². The Morgan fingerprint density at radius 1 is 1.09 bits per heavy atom. The molecule has 174 valence electrons. The van der Waals surface area contributed by atoms with Crippen LogP contribution in [0.5, 0.6) is 5.75 Å². The van der Waals surface area contributed by atoms with Crippen molar-refractivity contribution in [3.05, 3.63) is 99.2 Å². The molecule has 4 aromatic rings. The largest absolute Gasteiger partial charge is 0.494 e. The second-order valence-electron chi connectivity index (χ2n) is 7.91. The average molecular weight is 494 g/mol. The van der Waals surface area contributed by atoms with Gasteiger partial charge in [0.25, 0.3) is 5.91 Å². The topological polar surface area (TPSA) is 55.6 Å². The van der Waals surface area contributed by atoms with Gasteiger partial charge >= 0.3 is 0 Å². The molecular weight excluding hydrogens is 469 g/mol. The van der Waals surface area contributed by atoms with Crippen molar-refractivity contribution in [1.29, 1.82) is 0 Å². The first kappa shape index (κ1) is 23.9. The molecule has 0 aliphatic carbocycles. The molecule has 1 N–H and O–H groups in total. The maximum Gasteiger partial charge on any atom is 0.271 e. The van der Waals surface area contributed by atoms with Crippen molar-refractivity contribution in [2.45, 2.75) is 26.8 Å². The van der Waals surface area contributed by atoms with Crippen LogP contribution in [0.1, 0.15) is 40.5 Å². The number of rotatable bonds is 8. The number of ether oxygens (including phenoxy) is 1. The summed E-state index contributed by atoms with van der Waals surface area (Å²) in [6.07, 6.45) is 2.62. The maximum atomic E-state index is 12.5. The van der Waals surface area contributed by atoms with Crippen LogP contribution in [0, 0.1) is 6.92 Å². The van der Waals surface area contributed by atoms with Gasteiger partial charge in [-0.1, -0.05) is 54.4 Å². The minimum absolute atomic E-state index is 0.285. The van der Waals surface area contributed by atoms with E-state index < -0.39 is 0 Å². The number of carbonyl (C=O) groups is 1. The van der Waals surface area contributed by atoms with E-state index in [-0.39, 0.29) is 5.91 Å². The zero-order valence-corrected chi connectivity index (χ0v) is 20.5. The molecule has 1 amide bonds. The number of nitrogens with zero attached hydrogens (tertiary/aromatic N) is 2. The fourth-order valence-electron chi connectivity index (χ4n) is 3.79. The minimum Gasteiger partial charge on any atom is -0.494 e. The van der Waals surface area contributed by atoms with Gasteiger partial charge in [-0.15, -0.1) is 0 Å². The molecule has 0 unspecified atom stereocenters. The molecule has 4 rings (SSSR count). The highest BCUT2D eigenvalue weighted by molar-refractivity contribution is 6.35. The molecule has 0 aliphatic rings. The number of fused-ring (bicyclic) bond motifs is 1. The fourth-order valence-corrected chi connectivity index (χ4v) is 4.26. The summed E-state index contributed by atoms with van der Waals surface area (Å²) in [4.78, 5) is 12.5. The molecule has 0 spiro atoms. The second-order valence-corrected chi connectivity index (χ2v) is 8.75. The van der Waals surface area contributed by atoms with E-state index in [1.807, 2.05) is 44.2 Å². The third-order valence-electron chi connectivity index (χ3n) is 5.57. The van der Waals surface area contributed by atoms with Gasteiger partial charge in [-0.25, -0.2) is 5.43 Å². The summed E-state index contributed by atoms with van der Waals surface area (Å²) in [6, 6.07) is 20.6. The SMILES string of the molecule is CCCOc1ccc(C(=O)N/N=C/c2c(C)n(Cc3ccc(Cl)cc3Cl)c3ccccc23)cc1. The van der Waals surface area contributed by atoms with E-state index in [2.05, 4.69) is 21.2 Å². The first-order chi connectivity index (χ1) is 16.5. The van der Waals surface area contributed by atoms with E-state index in [9.17, 15) is 4.79 Å². The predicted molar refractivity (Wildman–Crippen MR) is 140 cm³/mol. The monoisotopic (exact) mass is 493 g/mol. The van der Waals surface area contributed by atoms with E-state index in [1.165, 1.54) is 0 Å². The van der Waals surface area contributed by atoms with E-state index in [0.717, 1.165) is 39.9 Å². The highest BCUT2D eigenvalue weighted by Gasteiger charge is 2.14. The van der Waals surface area contributed by atoms with E-state index in [0.29, 0.717) is 28.8 Å². The Morgan fingerprint density at radius 3 is 2.59 bits per heavy atom. The van der Waals surface area contributed by atoms with Crippen molar-refractivity contribution in [3.63, 3.8) is 0 Å². The van der Waals surface area contributed by atoms with Crippen LogP contribution in [-0.2, 0) is 6.54 Å². The summed E-state index contributed by atoms with van der Waals surface area (Å²) < 4.78 is 7.75. The van der Waals surface area contributed by atoms with Gasteiger partial charge in [0.1, 0.15) is 5.75 Å². The van der Waals surface area contributed by atoms with Gasteiger partial charge in [0.05, 0.1) is 12.8 Å². The Labute approximate surface area is 208 Å². The Kier molecular flexibility index (Phi) is 7.56. The van der Waals surface area contributed by atoms with Gasteiger partial charge in [0, 0.05) is 44.3 Å². The van der Waals surface area contributed by atoms with Crippen LogP contribution in [0.15, 0.2) is 71.8 Å². The van der Waals surface area contributed by atoms with Crippen molar-refractivity contribution in [2.75, 3.05) is 6.61 Å². The third-order valence-corrected chi connectivity index (χ3v) is 6.16. The van der Waals surface area contributed by atoms with Crippen molar-refractivity contribution < 1.29 is 9.53 Å². The smallest absolute Gasteiger partial charge is 0.271 e. The number of halogens is 2. The van der Waals surface area contributed by atoms with E-state index >= 15 is 0 Å². The Morgan fingerprint density at radius 2 is 1.85 bits per heavy atom. The highest BCUT2D eigenvalue weighted by atomic mass is 35.5. The highest BCUT2D eigenvalue weighted by Crippen LogP contribution is 2.28. The molecule has 1 aromatic heterocycles. The van der Waals surface area contributed by atoms with Crippen LogP contribution < -0.4 is 10.2 Å². The lowest BCUT2D eigenvalue weighted by molar-refractivity contribution is 0.0955. The number of hydrogen-bond acceptors (Lipinski definition) is 3. The summed E-state index contributed by atoms with van der Waals surface area (Å²) in [5.74, 6) is 0.457. The van der Waals surface area contributed by atoms with Gasteiger partial charge in [0.15, 0.2) is 0 Å². The average Bonchev–Trinajstić information content (AvgIpc) is 3.10. The summed E-state index contributed by atoms with van der Waals surface area (Å²) >= 11 is 12.5. The lowest BCUT2D eigenvalue weighted by Crippen LogP contribution is -2.17.